The van der Waals surface area contributed by atoms with Gasteiger partial charge in [-0.1, -0.05) is 20.8 Å². The third kappa shape index (κ3) is 5.97. The number of fused-ring (bicyclic) bond motifs is 5. The van der Waals surface area contributed by atoms with Crippen molar-refractivity contribution in [2.75, 3.05) is 26.2 Å². The lowest BCUT2D eigenvalue weighted by Gasteiger charge is -2.63. The number of hydrogen-bond acceptors (Lipinski definition) is 6. The number of hydrogen-bond donors (Lipinski definition) is 6. The molecule has 4 aliphatic carbocycles. The minimum Gasteiger partial charge on any atom is -0.393 e. The van der Waals surface area contributed by atoms with Gasteiger partial charge in [0.1, 0.15) is 0 Å². The van der Waals surface area contributed by atoms with E-state index in [0.29, 0.717) is 42.6 Å². The summed E-state index contributed by atoms with van der Waals surface area (Å²) in [5.41, 5.74) is 5.42. The summed E-state index contributed by atoms with van der Waals surface area (Å²) in [4.78, 5) is 12.5. The molecule has 0 radical (unpaired) electrons. The van der Waals surface area contributed by atoms with E-state index >= 15 is 0 Å². The summed E-state index contributed by atoms with van der Waals surface area (Å²) in [6, 6.07) is 0. The van der Waals surface area contributed by atoms with Crippen LogP contribution in [0.3, 0.4) is 0 Å². The molecule has 7 N–H and O–H groups in total. The molecule has 220 valence electrons. The van der Waals surface area contributed by atoms with Crippen LogP contribution in [-0.4, -0.2) is 65.7 Å². The SMILES string of the molecule is C[C@@H](CCC(=O)NCCCNCCCCN)[C@@H]1CC[C@@H]2[C@@H]3[C@@H](C[C@@H](O)[C@]21C)[C@]1(C)CC[C@H](O)C[C@@H]1C[C@@H]3O. The summed E-state index contributed by atoms with van der Waals surface area (Å²) >= 11 is 0. The first kappa shape index (κ1) is 30.2. The molecular formula is C31H57N3O4. The Morgan fingerprint density at radius 2 is 1.74 bits per heavy atom. The molecule has 0 aromatic rings. The highest BCUT2D eigenvalue weighted by Gasteiger charge is 2.65. The fourth-order valence-corrected chi connectivity index (χ4v) is 9.74. The average Bonchev–Trinajstić information content (AvgIpc) is 3.24. The maximum absolute atomic E-state index is 12.5. The molecule has 1 amide bonds. The Bertz CT molecular complexity index is 782. The van der Waals surface area contributed by atoms with Gasteiger partial charge in [-0.15, -0.1) is 0 Å². The molecule has 11 atom stereocenters. The largest absolute Gasteiger partial charge is 0.393 e. The number of carbonyl (C=O) groups is 1. The third-order valence-corrected chi connectivity index (χ3v) is 12.0. The number of rotatable bonds is 12. The first-order valence-corrected chi connectivity index (χ1v) is 15.8. The summed E-state index contributed by atoms with van der Waals surface area (Å²) in [5.74, 6) is 2.11. The van der Waals surface area contributed by atoms with E-state index in [2.05, 4.69) is 31.4 Å². The van der Waals surface area contributed by atoms with Crippen molar-refractivity contribution < 1.29 is 20.1 Å². The number of unbranched alkanes of at least 4 members (excludes halogenated alkanes) is 1. The molecule has 0 aromatic carbocycles. The van der Waals surface area contributed by atoms with Gasteiger partial charge >= 0.3 is 0 Å². The first-order valence-electron chi connectivity index (χ1n) is 15.8. The Morgan fingerprint density at radius 3 is 2.50 bits per heavy atom. The topological polar surface area (TPSA) is 128 Å². The molecular weight excluding hydrogens is 478 g/mol. The van der Waals surface area contributed by atoms with E-state index in [9.17, 15) is 20.1 Å². The van der Waals surface area contributed by atoms with Crippen LogP contribution in [0.15, 0.2) is 0 Å². The van der Waals surface area contributed by atoms with Crippen LogP contribution in [0.4, 0.5) is 0 Å². The predicted molar refractivity (Wildman–Crippen MR) is 151 cm³/mol. The van der Waals surface area contributed by atoms with Gasteiger partial charge in [-0.2, -0.15) is 0 Å². The standard InChI is InChI=1S/C31H57N3O4/c1-20(7-10-28(38)34-16-6-15-33-14-5-4-13-32)23-8-9-24-29-25(19-27(37)31(23,24)3)30(2)12-11-22(35)17-21(30)18-26(29)36/h20-27,29,33,35-37H,4-19,32H2,1-3H3,(H,34,38)/t20-,21+,22-,23-,24+,25+,26-,27+,29+,30+,31-/m0/s1. The maximum Gasteiger partial charge on any atom is 0.220 e. The molecule has 4 fully saturated rings. The summed E-state index contributed by atoms with van der Waals surface area (Å²) in [5, 5.41) is 40.0. The third-order valence-electron chi connectivity index (χ3n) is 12.0. The van der Waals surface area contributed by atoms with E-state index in [-0.39, 0.29) is 41.0 Å². The predicted octanol–water partition coefficient (Wildman–Crippen LogP) is 3.20. The molecule has 0 saturated heterocycles. The van der Waals surface area contributed by atoms with Crippen LogP contribution in [0.1, 0.15) is 97.8 Å². The molecule has 0 heterocycles. The lowest BCUT2D eigenvalue weighted by molar-refractivity contribution is -0.207. The van der Waals surface area contributed by atoms with Gasteiger partial charge < -0.3 is 31.7 Å². The molecule has 38 heavy (non-hydrogen) atoms. The van der Waals surface area contributed by atoms with E-state index in [0.717, 1.165) is 90.3 Å². The van der Waals surface area contributed by atoms with Crippen molar-refractivity contribution in [1.29, 1.82) is 0 Å². The number of carbonyl (C=O) groups excluding carboxylic acids is 1. The Hall–Kier alpha value is -0.730. The number of nitrogens with two attached hydrogens (primary N) is 1. The van der Waals surface area contributed by atoms with Crippen LogP contribution in [0.5, 0.6) is 0 Å². The summed E-state index contributed by atoms with van der Waals surface area (Å²) < 4.78 is 0. The van der Waals surface area contributed by atoms with Crippen LogP contribution >= 0.6 is 0 Å². The monoisotopic (exact) mass is 535 g/mol. The Balaban J connectivity index is 1.29. The Kier molecular flexibility index (Phi) is 10.2. The summed E-state index contributed by atoms with van der Waals surface area (Å²) in [6.45, 7) is 10.3. The molecule has 0 unspecified atom stereocenters. The van der Waals surface area contributed by atoms with Crippen molar-refractivity contribution in [3.8, 4) is 0 Å². The highest BCUT2D eigenvalue weighted by molar-refractivity contribution is 5.75. The van der Waals surface area contributed by atoms with Gasteiger partial charge in [0, 0.05) is 13.0 Å². The van der Waals surface area contributed by atoms with Crippen LogP contribution in [0.25, 0.3) is 0 Å². The van der Waals surface area contributed by atoms with Crippen molar-refractivity contribution in [3.05, 3.63) is 0 Å². The smallest absolute Gasteiger partial charge is 0.220 e. The number of aliphatic hydroxyl groups excluding tert-OH is 3. The second-order valence-corrected chi connectivity index (χ2v) is 14.0. The number of aliphatic hydroxyl groups is 3. The molecule has 0 aromatic heterocycles. The summed E-state index contributed by atoms with van der Waals surface area (Å²) in [7, 11) is 0. The van der Waals surface area contributed by atoms with Gasteiger partial charge in [0.2, 0.25) is 5.91 Å². The Labute approximate surface area is 231 Å². The van der Waals surface area contributed by atoms with Gasteiger partial charge in [-0.3, -0.25) is 4.79 Å². The molecule has 7 nitrogen and oxygen atoms in total. The molecule has 0 aliphatic heterocycles. The zero-order chi connectivity index (χ0) is 27.5. The van der Waals surface area contributed by atoms with E-state index in [4.69, 9.17) is 5.73 Å². The van der Waals surface area contributed by atoms with Crippen molar-refractivity contribution in [2.45, 2.75) is 116 Å². The zero-order valence-corrected chi connectivity index (χ0v) is 24.3. The fourth-order valence-electron chi connectivity index (χ4n) is 9.74. The van der Waals surface area contributed by atoms with E-state index in [1.165, 1.54) is 0 Å². The Morgan fingerprint density at radius 1 is 0.974 bits per heavy atom. The summed E-state index contributed by atoms with van der Waals surface area (Å²) in [6.07, 6.45) is 9.85. The fraction of sp³-hybridized carbons (Fsp3) is 0.968. The van der Waals surface area contributed by atoms with E-state index < -0.39 is 0 Å². The van der Waals surface area contributed by atoms with Gasteiger partial charge in [-0.25, -0.2) is 0 Å². The zero-order valence-electron chi connectivity index (χ0n) is 24.3. The van der Waals surface area contributed by atoms with Gasteiger partial charge in [-0.05, 0) is 137 Å². The molecule has 0 spiro atoms. The van der Waals surface area contributed by atoms with Crippen LogP contribution in [-0.2, 0) is 4.79 Å². The second-order valence-electron chi connectivity index (χ2n) is 14.0. The van der Waals surface area contributed by atoms with Crippen molar-refractivity contribution >= 4 is 5.91 Å². The van der Waals surface area contributed by atoms with Crippen LogP contribution < -0.4 is 16.4 Å². The lowest BCUT2D eigenvalue weighted by atomic mass is 9.43. The van der Waals surface area contributed by atoms with Crippen LogP contribution in [0.2, 0.25) is 0 Å². The molecule has 4 aliphatic rings. The minimum atomic E-state index is -0.371. The quantitative estimate of drug-likeness (QED) is 0.213. The highest BCUT2D eigenvalue weighted by atomic mass is 16.3. The van der Waals surface area contributed by atoms with Gasteiger partial charge in [0.25, 0.3) is 0 Å². The second kappa shape index (κ2) is 12.8. The molecule has 4 saturated carbocycles. The lowest BCUT2D eigenvalue weighted by Crippen LogP contribution is -2.62. The van der Waals surface area contributed by atoms with Crippen LogP contribution in [0, 0.1) is 46.3 Å². The van der Waals surface area contributed by atoms with Crippen molar-refractivity contribution in [3.63, 3.8) is 0 Å². The first-order chi connectivity index (χ1) is 18.1. The van der Waals surface area contributed by atoms with Gasteiger partial charge in [0.05, 0.1) is 18.3 Å². The number of nitrogens with one attached hydrogen (secondary N) is 2. The van der Waals surface area contributed by atoms with Crippen molar-refractivity contribution in [1.82, 2.24) is 10.6 Å². The number of amides is 1. The maximum atomic E-state index is 12.5. The van der Waals surface area contributed by atoms with E-state index in [1.807, 2.05) is 0 Å². The molecule has 7 heteroatoms. The minimum absolute atomic E-state index is 0.104. The molecule has 0 bridgehead atoms. The normalized spacial score (nSPS) is 43.1. The molecule has 4 rings (SSSR count). The van der Waals surface area contributed by atoms with E-state index in [1.54, 1.807) is 0 Å². The van der Waals surface area contributed by atoms with Crippen molar-refractivity contribution in [2.24, 2.45) is 52.1 Å². The van der Waals surface area contributed by atoms with Gasteiger partial charge in [0.15, 0.2) is 0 Å². The average molecular weight is 536 g/mol. The highest BCUT2D eigenvalue weighted by Crippen LogP contribution is 2.68.